The maximum atomic E-state index is 6.03. The average Bonchev–Trinajstić information content (AvgIpc) is 3.56. The second-order valence-electron chi connectivity index (χ2n) is 7.63. The molecule has 5 rings (SSSR count). The Morgan fingerprint density at radius 3 is 2.57 bits per heavy atom. The van der Waals surface area contributed by atoms with Crippen LogP contribution in [0.5, 0.6) is 17.2 Å². The Kier molecular flexibility index (Phi) is 7.04. The Balaban J connectivity index is 1.32. The SMILES string of the molecule is COc1cc(Oc2cccc(Cl)c2)ccc1-c1nnc(CO/N=C(/c2ccccc2)c2nnnn2C)o1. The van der Waals surface area contributed by atoms with E-state index in [1.807, 2.05) is 42.5 Å². The van der Waals surface area contributed by atoms with Crippen LogP contribution in [0.3, 0.4) is 0 Å². The van der Waals surface area contributed by atoms with Crippen molar-refractivity contribution in [1.82, 2.24) is 30.4 Å². The fourth-order valence-electron chi connectivity index (χ4n) is 3.40. The molecule has 2 aromatic heterocycles. The molecule has 0 fully saturated rings. The number of methoxy groups -OCH3 is 1. The van der Waals surface area contributed by atoms with Crippen molar-refractivity contribution in [3.05, 3.63) is 95.1 Å². The Morgan fingerprint density at radius 1 is 0.973 bits per heavy atom. The molecular weight excluding hydrogens is 498 g/mol. The highest BCUT2D eigenvalue weighted by Gasteiger charge is 2.17. The second-order valence-corrected chi connectivity index (χ2v) is 8.06. The van der Waals surface area contributed by atoms with Crippen LogP contribution in [0.4, 0.5) is 0 Å². The molecule has 2 heterocycles. The van der Waals surface area contributed by atoms with Crippen molar-refractivity contribution in [2.75, 3.05) is 7.11 Å². The van der Waals surface area contributed by atoms with Crippen molar-refractivity contribution in [2.24, 2.45) is 12.2 Å². The second kappa shape index (κ2) is 10.9. The highest BCUT2D eigenvalue weighted by Crippen LogP contribution is 2.34. The van der Waals surface area contributed by atoms with Gasteiger partial charge in [-0.2, -0.15) is 0 Å². The van der Waals surface area contributed by atoms with Crippen molar-refractivity contribution in [1.29, 1.82) is 0 Å². The van der Waals surface area contributed by atoms with Crippen molar-refractivity contribution in [3.63, 3.8) is 0 Å². The Hall–Kier alpha value is -4.77. The Labute approximate surface area is 216 Å². The van der Waals surface area contributed by atoms with E-state index < -0.39 is 0 Å². The summed E-state index contributed by atoms with van der Waals surface area (Å²) in [6.45, 7) is -0.0626. The lowest BCUT2D eigenvalue weighted by atomic mass is 10.1. The minimum absolute atomic E-state index is 0.0626. The number of oxime groups is 1. The predicted octanol–water partition coefficient (Wildman–Crippen LogP) is 4.68. The lowest BCUT2D eigenvalue weighted by Gasteiger charge is -2.10. The molecule has 0 saturated carbocycles. The molecule has 5 aromatic rings. The summed E-state index contributed by atoms with van der Waals surface area (Å²) in [7, 11) is 3.26. The van der Waals surface area contributed by atoms with E-state index >= 15 is 0 Å². The molecule has 0 radical (unpaired) electrons. The third-order valence-electron chi connectivity index (χ3n) is 5.13. The van der Waals surface area contributed by atoms with E-state index in [1.54, 1.807) is 44.5 Å². The number of benzene rings is 3. The summed E-state index contributed by atoms with van der Waals surface area (Å²) in [6.07, 6.45) is 0. The summed E-state index contributed by atoms with van der Waals surface area (Å²) in [5.41, 5.74) is 1.85. The minimum atomic E-state index is -0.0626. The molecule has 0 aliphatic carbocycles. The van der Waals surface area contributed by atoms with Gasteiger partial charge in [0.25, 0.3) is 11.8 Å². The van der Waals surface area contributed by atoms with Gasteiger partial charge in [0.2, 0.25) is 5.82 Å². The van der Waals surface area contributed by atoms with Gasteiger partial charge in [-0.3, -0.25) is 0 Å². The molecule has 0 amide bonds. The average molecular weight is 518 g/mol. The summed E-state index contributed by atoms with van der Waals surface area (Å²) in [4.78, 5) is 5.54. The highest BCUT2D eigenvalue weighted by atomic mass is 35.5. The number of hydrogen-bond donors (Lipinski definition) is 0. The van der Waals surface area contributed by atoms with Crippen LogP contribution < -0.4 is 9.47 Å². The monoisotopic (exact) mass is 517 g/mol. The summed E-state index contributed by atoms with van der Waals surface area (Å²) >= 11 is 6.03. The van der Waals surface area contributed by atoms with E-state index in [0.717, 1.165) is 5.56 Å². The van der Waals surface area contributed by atoms with Crippen molar-refractivity contribution < 1.29 is 18.7 Å². The normalized spacial score (nSPS) is 11.4. The van der Waals surface area contributed by atoms with Gasteiger partial charge in [-0.1, -0.05) is 53.2 Å². The van der Waals surface area contributed by atoms with Gasteiger partial charge in [-0.05, 0) is 40.8 Å². The molecule has 0 unspecified atom stereocenters. The van der Waals surface area contributed by atoms with E-state index in [1.165, 1.54) is 4.68 Å². The van der Waals surface area contributed by atoms with Gasteiger partial charge in [0.05, 0.1) is 12.7 Å². The van der Waals surface area contributed by atoms with Crippen LogP contribution in [0.2, 0.25) is 5.02 Å². The molecule has 11 nitrogen and oxygen atoms in total. The zero-order chi connectivity index (χ0) is 25.6. The van der Waals surface area contributed by atoms with Gasteiger partial charge in [0.15, 0.2) is 12.3 Å². The molecule has 186 valence electrons. The topological polar surface area (TPSA) is 123 Å². The Morgan fingerprint density at radius 2 is 1.81 bits per heavy atom. The van der Waals surface area contributed by atoms with E-state index in [-0.39, 0.29) is 18.4 Å². The van der Waals surface area contributed by atoms with Gasteiger partial charge in [-0.15, -0.1) is 15.3 Å². The zero-order valence-electron chi connectivity index (χ0n) is 19.8. The number of rotatable bonds is 9. The minimum Gasteiger partial charge on any atom is -0.496 e. The maximum Gasteiger partial charge on any atom is 0.257 e. The number of tetrazole rings is 1. The first-order valence-electron chi connectivity index (χ1n) is 11.0. The molecule has 0 aliphatic rings. The molecule has 3 aromatic carbocycles. The van der Waals surface area contributed by atoms with E-state index in [4.69, 9.17) is 30.3 Å². The third-order valence-corrected chi connectivity index (χ3v) is 5.36. The van der Waals surface area contributed by atoms with Crippen LogP contribution in [0, 0.1) is 0 Å². The third kappa shape index (κ3) is 5.57. The summed E-state index contributed by atoms with van der Waals surface area (Å²) in [5.74, 6) is 2.59. The molecular formula is C25H20ClN7O4. The van der Waals surface area contributed by atoms with E-state index in [2.05, 4.69) is 30.9 Å². The van der Waals surface area contributed by atoms with Crippen LogP contribution in [-0.2, 0) is 18.5 Å². The number of ether oxygens (including phenoxy) is 2. The lowest BCUT2D eigenvalue weighted by molar-refractivity contribution is 0.111. The molecule has 0 spiro atoms. The van der Waals surface area contributed by atoms with E-state index in [9.17, 15) is 0 Å². The molecule has 0 saturated heterocycles. The first-order chi connectivity index (χ1) is 18.1. The van der Waals surface area contributed by atoms with Crippen LogP contribution in [0.1, 0.15) is 17.3 Å². The fourth-order valence-corrected chi connectivity index (χ4v) is 3.58. The molecule has 0 atom stereocenters. The number of aromatic nitrogens is 6. The zero-order valence-corrected chi connectivity index (χ0v) is 20.5. The van der Waals surface area contributed by atoms with Crippen LogP contribution in [0.15, 0.2) is 82.4 Å². The number of halogens is 1. The number of aryl methyl sites for hydroxylation is 1. The number of nitrogens with zero attached hydrogens (tertiary/aromatic N) is 7. The fraction of sp³-hybridized carbons (Fsp3) is 0.120. The largest absolute Gasteiger partial charge is 0.496 e. The van der Waals surface area contributed by atoms with Crippen LogP contribution >= 0.6 is 11.6 Å². The van der Waals surface area contributed by atoms with Crippen molar-refractivity contribution in [2.45, 2.75) is 6.61 Å². The predicted molar refractivity (Wildman–Crippen MR) is 133 cm³/mol. The van der Waals surface area contributed by atoms with Crippen LogP contribution in [0.25, 0.3) is 11.5 Å². The Bertz CT molecular complexity index is 1540. The van der Waals surface area contributed by atoms with Gasteiger partial charge < -0.3 is 18.7 Å². The quantitative estimate of drug-likeness (QED) is 0.202. The summed E-state index contributed by atoms with van der Waals surface area (Å²) < 4.78 is 18.7. The smallest absolute Gasteiger partial charge is 0.257 e. The molecule has 0 bridgehead atoms. The van der Waals surface area contributed by atoms with Gasteiger partial charge in [0, 0.05) is 23.7 Å². The molecule has 0 aliphatic heterocycles. The first kappa shape index (κ1) is 23.9. The molecule has 0 N–H and O–H groups in total. The highest BCUT2D eigenvalue weighted by molar-refractivity contribution is 6.30. The lowest BCUT2D eigenvalue weighted by Crippen LogP contribution is -2.12. The standard InChI is InChI=1S/C25H20ClN7O4/c1-33-24(28-31-32-33)23(16-7-4-3-5-8-16)30-35-15-22-27-29-25(37-22)20-12-11-19(14-21(20)34-2)36-18-10-6-9-17(26)13-18/h3-14H,15H2,1-2H3/b30-23-. The molecule has 12 heteroatoms. The maximum absolute atomic E-state index is 6.03. The van der Waals surface area contributed by atoms with Gasteiger partial charge >= 0.3 is 0 Å². The first-order valence-corrected chi connectivity index (χ1v) is 11.4. The van der Waals surface area contributed by atoms with Gasteiger partial charge in [-0.25, -0.2) is 4.68 Å². The summed E-state index contributed by atoms with van der Waals surface area (Å²) in [5, 5.41) is 24.6. The van der Waals surface area contributed by atoms with E-state index in [0.29, 0.717) is 39.4 Å². The molecule has 37 heavy (non-hydrogen) atoms. The number of hydrogen-bond acceptors (Lipinski definition) is 10. The van der Waals surface area contributed by atoms with Crippen LogP contribution in [-0.4, -0.2) is 43.2 Å². The summed E-state index contributed by atoms with van der Waals surface area (Å²) in [6, 6.07) is 21.8. The van der Waals surface area contributed by atoms with Gasteiger partial charge in [0.1, 0.15) is 17.2 Å². The van der Waals surface area contributed by atoms with Crippen molar-refractivity contribution >= 4 is 17.3 Å². The van der Waals surface area contributed by atoms with Crippen molar-refractivity contribution in [3.8, 4) is 28.7 Å².